The average molecular weight is 312 g/mol. The van der Waals surface area contributed by atoms with Crippen molar-refractivity contribution in [2.24, 2.45) is 0 Å². The SMILES string of the molecule is Cc1ccc(C(CNC(=O)NCc2ccccn2)N(C)C)cc1. The molecule has 2 rings (SSSR count). The van der Waals surface area contributed by atoms with Crippen LogP contribution in [0.3, 0.4) is 0 Å². The van der Waals surface area contributed by atoms with E-state index in [-0.39, 0.29) is 12.1 Å². The fraction of sp³-hybridized carbons (Fsp3) is 0.333. The number of urea groups is 1. The van der Waals surface area contributed by atoms with Gasteiger partial charge in [-0.05, 0) is 38.7 Å². The van der Waals surface area contributed by atoms with Crippen LogP contribution in [0.2, 0.25) is 0 Å². The van der Waals surface area contributed by atoms with E-state index in [4.69, 9.17) is 0 Å². The fourth-order valence-electron chi connectivity index (χ4n) is 2.31. The highest BCUT2D eigenvalue weighted by Gasteiger charge is 2.15. The maximum absolute atomic E-state index is 12.0. The summed E-state index contributed by atoms with van der Waals surface area (Å²) in [6.07, 6.45) is 1.72. The maximum Gasteiger partial charge on any atom is 0.315 e. The zero-order chi connectivity index (χ0) is 16.7. The summed E-state index contributed by atoms with van der Waals surface area (Å²) in [5, 5.41) is 5.75. The Morgan fingerprint density at radius 2 is 1.87 bits per heavy atom. The number of aromatic nitrogens is 1. The van der Waals surface area contributed by atoms with Crippen molar-refractivity contribution in [3.8, 4) is 0 Å². The van der Waals surface area contributed by atoms with Gasteiger partial charge in [0.05, 0.1) is 18.3 Å². The summed E-state index contributed by atoms with van der Waals surface area (Å²) in [7, 11) is 4.02. The van der Waals surface area contributed by atoms with Crippen molar-refractivity contribution >= 4 is 6.03 Å². The summed E-state index contributed by atoms with van der Waals surface area (Å²) >= 11 is 0. The number of carbonyl (C=O) groups excluding carboxylic acids is 1. The Morgan fingerprint density at radius 3 is 2.48 bits per heavy atom. The third-order valence-corrected chi connectivity index (χ3v) is 3.70. The van der Waals surface area contributed by atoms with Gasteiger partial charge < -0.3 is 15.5 Å². The average Bonchev–Trinajstić information content (AvgIpc) is 2.55. The van der Waals surface area contributed by atoms with E-state index in [9.17, 15) is 4.79 Å². The molecule has 0 fully saturated rings. The zero-order valence-corrected chi connectivity index (χ0v) is 13.9. The number of pyridine rings is 1. The van der Waals surface area contributed by atoms with Crippen molar-refractivity contribution in [1.82, 2.24) is 20.5 Å². The third kappa shape index (κ3) is 5.38. The van der Waals surface area contributed by atoms with E-state index in [1.807, 2.05) is 32.3 Å². The molecule has 1 aromatic heterocycles. The largest absolute Gasteiger partial charge is 0.336 e. The van der Waals surface area contributed by atoms with Crippen molar-refractivity contribution < 1.29 is 4.79 Å². The number of aryl methyl sites for hydroxylation is 1. The standard InChI is InChI=1S/C18H24N4O/c1-14-7-9-15(10-8-14)17(22(2)3)13-21-18(23)20-12-16-6-4-5-11-19-16/h4-11,17H,12-13H2,1-3H3,(H2,20,21,23). The first-order chi connectivity index (χ1) is 11.1. The van der Waals surface area contributed by atoms with E-state index in [1.165, 1.54) is 11.1 Å². The monoisotopic (exact) mass is 312 g/mol. The molecule has 0 saturated heterocycles. The van der Waals surface area contributed by atoms with Crippen molar-refractivity contribution in [3.63, 3.8) is 0 Å². The van der Waals surface area contributed by atoms with Crippen LogP contribution in [0.25, 0.3) is 0 Å². The molecule has 0 aliphatic rings. The number of nitrogens with zero attached hydrogens (tertiary/aromatic N) is 2. The van der Waals surface area contributed by atoms with E-state index >= 15 is 0 Å². The van der Waals surface area contributed by atoms with Gasteiger partial charge in [0.2, 0.25) is 0 Å². The van der Waals surface area contributed by atoms with Crippen molar-refractivity contribution in [3.05, 3.63) is 65.5 Å². The molecule has 0 aliphatic heterocycles. The van der Waals surface area contributed by atoms with Crippen LogP contribution in [0.5, 0.6) is 0 Å². The van der Waals surface area contributed by atoms with E-state index in [0.29, 0.717) is 13.1 Å². The van der Waals surface area contributed by atoms with Crippen molar-refractivity contribution in [2.45, 2.75) is 19.5 Å². The molecular weight excluding hydrogens is 288 g/mol. The number of benzene rings is 1. The minimum absolute atomic E-state index is 0.135. The van der Waals surface area contributed by atoms with Gasteiger partial charge >= 0.3 is 6.03 Å². The lowest BCUT2D eigenvalue weighted by molar-refractivity contribution is 0.232. The van der Waals surface area contributed by atoms with Crippen LogP contribution in [-0.4, -0.2) is 36.6 Å². The van der Waals surface area contributed by atoms with Gasteiger partial charge in [-0.2, -0.15) is 0 Å². The van der Waals surface area contributed by atoms with Crippen LogP contribution < -0.4 is 10.6 Å². The predicted molar refractivity (Wildman–Crippen MR) is 92.1 cm³/mol. The van der Waals surface area contributed by atoms with E-state index in [0.717, 1.165) is 5.69 Å². The van der Waals surface area contributed by atoms with Crippen LogP contribution in [0.4, 0.5) is 4.79 Å². The molecule has 1 aromatic carbocycles. The van der Waals surface area contributed by atoms with Gasteiger partial charge in [-0.1, -0.05) is 35.9 Å². The molecule has 1 unspecified atom stereocenters. The molecule has 5 heteroatoms. The number of likely N-dealkylation sites (N-methyl/N-ethyl adjacent to an activating group) is 1. The lowest BCUT2D eigenvalue weighted by Gasteiger charge is -2.25. The highest BCUT2D eigenvalue weighted by molar-refractivity contribution is 5.73. The Bertz CT molecular complexity index is 611. The molecule has 0 radical (unpaired) electrons. The molecule has 0 spiro atoms. The molecule has 0 saturated carbocycles. The first-order valence-corrected chi connectivity index (χ1v) is 7.71. The highest BCUT2D eigenvalue weighted by atomic mass is 16.2. The quantitative estimate of drug-likeness (QED) is 0.861. The van der Waals surface area contributed by atoms with E-state index in [2.05, 4.69) is 51.7 Å². The predicted octanol–water partition coefficient (Wildman–Crippen LogP) is 2.49. The number of amides is 2. The van der Waals surface area contributed by atoms with Gasteiger partial charge in [-0.25, -0.2) is 4.79 Å². The number of hydrogen-bond acceptors (Lipinski definition) is 3. The minimum Gasteiger partial charge on any atom is -0.336 e. The number of rotatable bonds is 6. The molecule has 2 aromatic rings. The topological polar surface area (TPSA) is 57.3 Å². The molecule has 1 atom stereocenters. The molecule has 122 valence electrons. The first-order valence-electron chi connectivity index (χ1n) is 7.71. The molecular formula is C18H24N4O. The molecule has 5 nitrogen and oxygen atoms in total. The zero-order valence-electron chi connectivity index (χ0n) is 13.9. The lowest BCUT2D eigenvalue weighted by atomic mass is 10.0. The molecule has 0 bridgehead atoms. The molecule has 23 heavy (non-hydrogen) atoms. The van der Waals surface area contributed by atoms with Crippen LogP contribution in [0.1, 0.15) is 22.9 Å². The summed E-state index contributed by atoms with van der Waals surface area (Å²) in [6.45, 7) is 3.03. The third-order valence-electron chi connectivity index (χ3n) is 3.70. The van der Waals surface area contributed by atoms with Crippen LogP contribution in [0.15, 0.2) is 48.7 Å². The summed E-state index contributed by atoms with van der Waals surface area (Å²) in [4.78, 5) is 18.2. The first kappa shape index (κ1) is 17.0. The Labute approximate surface area is 137 Å². The second-order valence-electron chi connectivity index (χ2n) is 5.77. The van der Waals surface area contributed by atoms with Gasteiger partial charge in [0.25, 0.3) is 0 Å². The Hall–Kier alpha value is -2.40. The molecule has 0 aliphatic carbocycles. The summed E-state index contributed by atoms with van der Waals surface area (Å²) in [5.41, 5.74) is 3.25. The van der Waals surface area contributed by atoms with Crippen molar-refractivity contribution in [1.29, 1.82) is 0 Å². The minimum atomic E-state index is -0.186. The fourth-order valence-corrected chi connectivity index (χ4v) is 2.31. The van der Waals surface area contributed by atoms with Crippen LogP contribution >= 0.6 is 0 Å². The number of nitrogens with one attached hydrogen (secondary N) is 2. The van der Waals surface area contributed by atoms with Crippen molar-refractivity contribution in [2.75, 3.05) is 20.6 Å². The summed E-state index contributed by atoms with van der Waals surface area (Å²) in [5.74, 6) is 0. The lowest BCUT2D eigenvalue weighted by Crippen LogP contribution is -2.40. The van der Waals surface area contributed by atoms with Gasteiger partial charge in [0, 0.05) is 12.7 Å². The highest BCUT2D eigenvalue weighted by Crippen LogP contribution is 2.17. The smallest absolute Gasteiger partial charge is 0.315 e. The van der Waals surface area contributed by atoms with E-state index in [1.54, 1.807) is 6.20 Å². The van der Waals surface area contributed by atoms with Crippen LogP contribution in [0, 0.1) is 6.92 Å². The molecule has 1 heterocycles. The Balaban J connectivity index is 1.86. The van der Waals surface area contributed by atoms with Crippen LogP contribution in [-0.2, 0) is 6.54 Å². The van der Waals surface area contributed by atoms with Gasteiger partial charge in [0.1, 0.15) is 0 Å². The Kier molecular flexibility index (Phi) is 6.11. The van der Waals surface area contributed by atoms with E-state index < -0.39 is 0 Å². The normalized spacial score (nSPS) is 12.0. The molecule has 2 amide bonds. The van der Waals surface area contributed by atoms with Gasteiger partial charge in [-0.3, -0.25) is 4.98 Å². The maximum atomic E-state index is 12.0. The van der Waals surface area contributed by atoms with Gasteiger partial charge in [-0.15, -0.1) is 0 Å². The second kappa shape index (κ2) is 8.29. The van der Waals surface area contributed by atoms with Gasteiger partial charge in [0.15, 0.2) is 0 Å². The number of carbonyl (C=O) groups is 1. The second-order valence-corrected chi connectivity index (χ2v) is 5.77. The number of hydrogen-bond donors (Lipinski definition) is 2. The summed E-state index contributed by atoms with van der Waals surface area (Å²) in [6, 6.07) is 14.0. The molecule has 2 N–H and O–H groups in total. The Morgan fingerprint density at radius 1 is 1.13 bits per heavy atom. The summed E-state index contributed by atoms with van der Waals surface area (Å²) < 4.78 is 0.